The number of halogens is 1. The minimum absolute atomic E-state index is 0.117. The molecule has 0 amide bonds. The van der Waals surface area contributed by atoms with E-state index in [1.54, 1.807) is 0 Å². The van der Waals surface area contributed by atoms with Gasteiger partial charge in [-0.1, -0.05) is 0 Å². The number of benzene rings is 1. The highest BCUT2D eigenvalue weighted by molar-refractivity contribution is 5.63. The van der Waals surface area contributed by atoms with Gasteiger partial charge in [0.05, 0.1) is 13.7 Å². The third-order valence-electron chi connectivity index (χ3n) is 1.74. The van der Waals surface area contributed by atoms with E-state index < -0.39 is 5.82 Å². The van der Waals surface area contributed by atoms with Crippen LogP contribution in [0.15, 0.2) is 12.1 Å². The van der Waals surface area contributed by atoms with Crippen LogP contribution in [0, 0.1) is 12.4 Å². The summed E-state index contributed by atoms with van der Waals surface area (Å²) in [6.07, 6.45) is 0.789. The second-order valence-electron chi connectivity index (χ2n) is 2.61. The van der Waals surface area contributed by atoms with Gasteiger partial charge in [-0.05, 0) is 17.7 Å². The quantitative estimate of drug-likeness (QED) is 0.543. The van der Waals surface area contributed by atoms with Crippen molar-refractivity contribution in [1.82, 2.24) is 0 Å². The first-order valence-corrected chi connectivity index (χ1v) is 3.90. The number of ether oxygens (including phenoxy) is 1. The van der Waals surface area contributed by atoms with Gasteiger partial charge in [-0.2, -0.15) is 0 Å². The number of hydrogen-bond acceptors (Lipinski definition) is 2. The molecule has 0 aliphatic rings. The molecule has 1 aromatic rings. The zero-order valence-corrected chi connectivity index (χ0v) is 7.58. The fourth-order valence-electron chi connectivity index (χ4n) is 1.11. The first-order chi connectivity index (χ1) is 6.72. The Bertz CT molecular complexity index is 396. The van der Waals surface area contributed by atoms with E-state index in [0.29, 0.717) is 11.8 Å². The average Bonchev–Trinajstić information content (AvgIpc) is 2.17. The van der Waals surface area contributed by atoms with Gasteiger partial charge in [0.25, 0.3) is 5.69 Å². The molecule has 0 aromatic heterocycles. The van der Waals surface area contributed by atoms with Crippen molar-refractivity contribution >= 4 is 12.0 Å². The molecule has 0 atom stereocenters. The Morgan fingerprint density at radius 1 is 1.64 bits per heavy atom. The van der Waals surface area contributed by atoms with Crippen molar-refractivity contribution in [1.29, 1.82) is 0 Å². The van der Waals surface area contributed by atoms with Gasteiger partial charge in [-0.25, -0.2) is 9.24 Å². The molecular formula is C10H8FNO2. The second kappa shape index (κ2) is 4.38. The molecule has 0 bridgehead atoms. The van der Waals surface area contributed by atoms with E-state index >= 15 is 0 Å². The topological polar surface area (TPSA) is 30.7 Å². The SMILES string of the molecule is [C-]#[N+]c1c(F)cc(CC=O)cc1OC. The normalized spacial score (nSPS) is 9.21. The number of carbonyl (C=O) groups is 1. The fourth-order valence-corrected chi connectivity index (χ4v) is 1.11. The van der Waals surface area contributed by atoms with Crippen LogP contribution in [0.25, 0.3) is 4.85 Å². The summed E-state index contributed by atoms with van der Waals surface area (Å²) in [6.45, 7) is 6.74. The smallest absolute Gasteiger partial charge is 0.262 e. The molecule has 0 saturated carbocycles. The maximum atomic E-state index is 13.2. The maximum absolute atomic E-state index is 13.2. The summed E-state index contributed by atoms with van der Waals surface area (Å²) >= 11 is 0. The molecule has 0 aliphatic heterocycles. The van der Waals surface area contributed by atoms with Crippen LogP contribution in [0.5, 0.6) is 5.75 Å². The standard InChI is InChI=1S/C10H8FNO2/c1-12-10-8(11)5-7(3-4-13)6-9(10)14-2/h4-6H,3H2,2H3. The Hall–Kier alpha value is -1.89. The molecule has 0 fully saturated rings. The molecule has 1 rings (SSSR count). The first-order valence-electron chi connectivity index (χ1n) is 3.90. The van der Waals surface area contributed by atoms with Crippen LogP contribution in [-0.4, -0.2) is 13.4 Å². The zero-order valence-electron chi connectivity index (χ0n) is 7.58. The minimum Gasteiger partial charge on any atom is -0.508 e. The van der Waals surface area contributed by atoms with Crippen LogP contribution in [0.1, 0.15) is 5.56 Å². The summed E-state index contributed by atoms with van der Waals surface area (Å²) in [6, 6.07) is 2.66. The second-order valence-corrected chi connectivity index (χ2v) is 2.61. The van der Waals surface area contributed by atoms with Gasteiger partial charge in [-0.3, -0.25) is 0 Å². The Labute approximate surface area is 80.9 Å². The molecule has 0 saturated heterocycles. The van der Waals surface area contributed by atoms with Crippen LogP contribution >= 0.6 is 0 Å². The van der Waals surface area contributed by atoms with Gasteiger partial charge < -0.3 is 9.53 Å². The van der Waals surface area contributed by atoms with E-state index in [1.165, 1.54) is 19.2 Å². The van der Waals surface area contributed by atoms with Crippen LogP contribution in [0.4, 0.5) is 10.1 Å². The van der Waals surface area contributed by atoms with Crippen molar-refractivity contribution in [3.63, 3.8) is 0 Å². The lowest BCUT2D eigenvalue weighted by atomic mass is 10.1. The minimum atomic E-state index is -0.656. The summed E-state index contributed by atoms with van der Waals surface area (Å²) in [4.78, 5) is 13.2. The third kappa shape index (κ3) is 1.88. The van der Waals surface area contributed by atoms with E-state index in [4.69, 9.17) is 11.3 Å². The van der Waals surface area contributed by atoms with Crippen molar-refractivity contribution < 1.29 is 13.9 Å². The van der Waals surface area contributed by atoms with Gasteiger partial charge in [-0.15, -0.1) is 0 Å². The average molecular weight is 193 g/mol. The van der Waals surface area contributed by atoms with E-state index in [2.05, 4.69) is 4.85 Å². The lowest BCUT2D eigenvalue weighted by molar-refractivity contribution is -0.107. The number of hydrogen-bond donors (Lipinski definition) is 0. The highest BCUT2D eigenvalue weighted by Gasteiger charge is 2.11. The van der Waals surface area contributed by atoms with Gasteiger partial charge in [0.2, 0.25) is 0 Å². The van der Waals surface area contributed by atoms with Gasteiger partial charge in [0, 0.05) is 6.42 Å². The zero-order chi connectivity index (χ0) is 10.6. The van der Waals surface area contributed by atoms with Crippen molar-refractivity contribution in [3.05, 3.63) is 34.9 Å². The molecule has 0 radical (unpaired) electrons. The molecule has 0 heterocycles. The predicted molar refractivity (Wildman–Crippen MR) is 49.0 cm³/mol. The van der Waals surface area contributed by atoms with Gasteiger partial charge >= 0.3 is 0 Å². The Morgan fingerprint density at radius 3 is 2.86 bits per heavy atom. The van der Waals surface area contributed by atoms with Gasteiger partial charge in [0.15, 0.2) is 0 Å². The first kappa shape index (κ1) is 10.2. The summed E-state index contributed by atoms with van der Waals surface area (Å²) in [5, 5.41) is 0. The van der Waals surface area contributed by atoms with E-state index in [-0.39, 0.29) is 17.9 Å². The van der Waals surface area contributed by atoms with E-state index in [0.717, 1.165) is 0 Å². The number of nitrogens with zero attached hydrogens (tertiary/aromatic N) is 1. The molecule has 14 heavy (non-hydrogen) atoms. The fraction of sp³-hybridized carbons (Fsp3) is 0.200. The molecule has 0 N–H and O–H groups in total. The largest absolute Gasteiger partial charge is 0.508 e. The number of rotatable bonds is 3. The summed E-state index contributed by atoms with van der Waals surface area (Å²) < 4.78 is 18.0. The number of carbonyl (C=O) groups excluding carboxylic acids is 1. The molecular weight excluding hydrogens is 185 g/mol. The molecule has 0 spiro atoms. The highest BCUT2D eigenvalue weighted by atomic mass is 19.1. The number of methoxy groups -OCH3 is 1. The molecule has 0 aliphatic carbocycles. The molecule has 3 nitrogen and oxygen atoms in total. The highest BCUT2D eigenvalue weighted by Crippen LogP contribution is 2.31. The predicted octanol–water partition coefficient (Wildman–Crippen LogP) is 2.13. The van der Waals surface area contributed by atoms with Crippen LogP contribution in [0.2, 0.25) is 0 Å². The molecule has 72 valence electrons. The summed E-state index contributed by atoms with van der Waals surface area (Å²) in [5.74, 6) is -0.493. The Kier molecular flexibility index (Phi) is 3.19. The Balaban J connectivity index is 3.25. The van der Waals surface area contributed by atoms with E-state index in [1.807, 2.05) is 0 Å². The molecule has 1 aromatic carbocycles. The van der Waals surface area contributed by atoms with Crippen molar-refractivity contribution in [3.8, 4) is 5.75 Å². The molecule has 4 heteroatoms. The van der Waals surface area contributed by atoms with Crippen molar-refractivity contribution in [2.24, 2.45) is 0 Å². The lowest BCUT2D eigenvalue weighted by Gasteiger charge is -2.05. The lowest BCUT2D eigenvalue weighted by Crippen LogP contribution is -1.92. The van der Waals surface area contributed by atoms with E-state index in [9.17, 15) is 9.18 Å². The Morgan fingerprint density at radius 2 is 2.36 bits per heavy atom. The van der Waals surface area contributed by atoms with Crippen LogP contribution < -0.4 is 4.74 Å². The maximum Gasteiger partial charge on any atom is 0.262 e. The number of aldehydes is 1. The monoisotopic (exact) mass is 193 g/mol. The van der Waals surface area contributed by atoms with Crippen molar-refractivity contribution in [2.45, 2.75) is 6.42 Å². The molecule has 0 unspecified atom stereocenters. The third-order valence-corrected chi connectivity index (χ3v) is 1.74. The van der Waals surface area contributed by atoms with Crippen LogP contribution in [-0.2, 0) is 11.2 Å². The van der Waals surface area contributed by atoms with Crippen molar-refractivity contribution in [2.75, 3.05) is 7.11 Å². The summed E-state index contributed by atoms with van der Waals surface area (Å²) in [5.41, 5.74) is 0.351. The summed E-state index contributed by atoms with van der Waals surface area (Å²) in [7, 11) is 1.36. The van der Waals surface area contributed by atoms with Crippen LogP contribution in [0.3, 0.4) is 0 Å². The van der Waals surface area contributed by atoms with Gasteiger partial charge in [0.1, 0.15) is 17.9 Å².